The zero-order valence-corrected chi connectivity index (χ0v) is 14.3. The molecule has 0 radical (unpaired) electrons. The Morgan fingerprint density at radius 2 is 1.91 bits per heavy atom. The van der Waals surface area contributed by atoms with Crippen LogP contribution in [0.3, 0.4) is 0 Å². The molecule has 0 bridgehead atoms. The van der Waals surface area contributed by atoms with Gasteiger partial charge in [-0.3, -0.25) is 9.59 Å². The smallest absolute Gasteiger partial charge is 0.319 e. The lowest BCUT2D eigenvalue weighted by Crippen LogP contribution is -2.20. The molecule has 0 fully saturated rings. The second kappa shape index (κ2) is 9.50. The Hall–Kier alpha value is -1.63. The van der Waals surface area contributed by atoms with Gasteiger partial charge in [0.25, 0.3) is 0 Å². The van der Waals surface area contributed by atoms with Crippen molar-refractivity contribution < 1.29 is 23.1 Å². The van der Waals surface area contributed by atoms with Crippen molar-refractivity contribution in [2.24, 2.45) is 0 Å². The number of esters is 1. The van der Waals surface area contributed by atoms with E-state index < -0.39 is 22.9 Å². The van der Waals surface area contributed by atoms with E-state index in [4.69, 9.17) is 4.74 Å². The molecule has 1 aromatic rings. The second-order valence-corrected chi connectivity index (χ2v) is 6.06. The van der Waals surface area contributed by atoms with Crippen LogP contribution >= 0.6 is 11.8 Å². The highest BCUT2D eigenvalue weighted by Crippen LogP contribution is 2.33. The Labute approximate surface area is 139 Å². The summed E-state index contributed by atoms with van der Waals surface area (Å²) in [5.41, 5.74) is -0.0974. The summed E-state index contributed by atoms with van der Waals surface area (Å²) in [6, 6.07) is 1.92. The molecule has 128 valence electrons. The number of carbonyl (C=O) groups is 2. The maximum atomic E-state index is 14.0. The van der Waals surface area contributed by atoms with Crippen LogP contribution in [0.4, 0.5) is 14.5 Å². The highest BCUT2D eigenvalue weighted by atomic mass is 32.2. The van der Waals surface area contributed by atoms with Crippen molar-refractivity contribution >= 4 is 29.3 Å². The van der Waals surface area contributed by atoms with E-state index in [0.717, 1.165) is 18.2 Å². The van der Waals surface area contributed by atoms with Crippen molar-refractivity contribution in [3.05, 3.63) is 23.8 Å². The maximum Gasteiger partial charge on any atom is 0.319 e. The van der Waals surface area contributed by atoms with E-state index in [9.17, 15) is 18.4 Å². The summed E-state index contributed by atoms with van der Waals surface area (Å²) in [6.07, 6.45) is 1.41. The molecule has 23 heavy (non-hydrogen) atoms. The predicted molar refractivity (Wildman–Crippen MR) is 86.5 cm³/mol. The van der Waals surface area contributed by atoms with Gasteiger partial charge in [-0.1, -0.05) is 20.3 Å². The first-order valence-electron chi connectivity index (χ1n) is 7.55. The summed E-state index contributed by atoms with van der Waals surface area (Å²) >= 11 is 0.978. The molecule has 0 aliphatic heterocycles. The van der Waals surface area contributed by atoms with Crippen molar-refractivity contribution in [1.29, 1.82) is 0 Å². The van der Waals surface area contributed by atoms with Gasteiger partial charge in [-0.05, 0) is 19.4 Å². The number of thioether (sulfide) groups is 1. The van der Waals surface area contributed by atoms with Crippen molar-refractivity contribution in [3.8, 4) is 0 Å². The van der Waals surface area contributed by atoms with Gasteiger partial charge in [-0.25, -0.2) is 8.78 Å². The highest BCUT2D eigenvalue weighted by Gasteiger charge is 2.23. The Kier molecular flexibility index (Phi) is 8.02. The molecule has 0 spiro atoms. The fourth-order valence-electron chi connectivity index (χ4n) is 1.83. The first kappa shape index (κ1) is 19.4. The summed E-state index contributed by atoms with van der Waals surface area (Å²) in [7, 11) is 0. The van der Waals surface area contributed by atoms with E-state index >= 15 is 0 Å². The minimum atomic E-state index is -0.850. The number of benzene rings is 1. The monoisotopic (exact) mass is 345 g/mol. The van der Waals surface area contributed by atoms with Crippen LogP contribution in [0, 0.1) is 11.6 Å². The largest absolute Gasteiger partial charge is 0.465 e. The summed E-state index contributed by atoms with van der Waals surface area (Å²) in [4.78, 5) is 23.4. The van der Waals surface area contributed by atoms with Crippen LogP contribution in [0.15, 0.2) is 17.0 Å². The number of anilines is 1. The number of nitrogens with one attached hydrogen (secondary N) is 1. The van der Waals surface area contributed by atoms with Gasteiger partial charge in [0.2, 0.25) is 5.91 Å². The van der Waals surface area contributed by atoms with Gasteiger partial charge in [0, 0.05) is 17.4 Å². The molecule has 0 aliphatic carbocycles. The Morgan fingerprint density at radius 3 is 2.48 bits per heavy atom. The van der Waals surface area contributed by atoms with E-state index in [1.807, 2.05) is 6.92 Å². The minimum Gasteiger partial charge on any atom is -0.465 e. The maximum absolute atomic E-state index is 14.0. The van der Waals surface area contributed by atoms with Crippen LogP contribution in [-0.2, 0) is 14.3 Å². The van der Waals surface area contributed by atoms with Crippen molar-refractivity contribution in [2.45, 2.75) is 50.2 Å². The molecule has 1 N–H and O–H groups in total. The van der Waals surface area contributed by atoms with Crippen molar-refractivity contribution in [3.63, 3.8) is 0 Å². The number of ether oxygens (including phenoxy) is 1. The van der Waals surface area contributed by atoms with Gasteiger partial charge < -0.3 is 10.1 Å². The van der Waals surface area contributed by atoms with Gasteiger partial charge in [-0.2, -0.15) is 0 Å². The molecular weight excluding hydrogens is 324 g/mol. The molecule has 4 nitrogen and oxygen atoms in total. The van der Waals surface area contributed by atoms with Crippen LogP contribution in [0.1, 0.15) is 40.0 Å². The standard InChI is InChI=1S/C16H21F2NO3S/c1-4-7-13(16(21)22-6-3)23-14-9-12(19-15(20)5-2)10(17)8-11(14)18/h8-9,13H,4-7H2,1-3H3,(H,19,20). The van der Waals surface area contributed by atoms with Crippen LogP contribution < -0.4 is 5.32 Å². The van der Waals surface area contributed by atoms with E-state index in [0.29, 0.717) is 12.5 Å². The second-order valence-electron chi connectivity index (χ2n) is 4.81. The molecule has 0 saturated carbocycles. The van der Waals surface area contributed by atoms with Crippen molar-refractivity contribution in [1.82, 2.24) is 0 Å². The number of hydrogen-bond donors (Lipinski definition) is 1. The summed E-state index contributed by atoms with van der Waals surface area (Å²) in [5, 5.41) is 1.80. The molecule has 0 saturated heterocycles. The van der Waals surface area contributed by atoms with Gasteiger partial charge in [0.15, 0.2) is 0 Å². The zero-order valence-electron chi connectivity index (χ0n) is 13.4. The van der Waals surface area contributed by atoms with Crippen LogP contribution in [0.5, 0.6) is 0 Å². The van der Waals surface area contributed by atoms with Crippen LogP contribution in [0.2, 0.25) is 0 Å². The molecule has 0 heterocycles. The third-order valence-corrected chi connectivity index (χ3v) is 4.27. The van der Waals surface area contributed by atoms with Gasteiger partial charge in [0.1, 0.15) is 16.9 Å². The molecule has 7 heteroatoms. The third-order valence-electron chi connectivity index (χ3n) is 2.99. The van der Waals surface area contributed by atoms with E-state index in [1.54, 1.807) is 13.8 Å². The fourth-order valence-corrected chi connectivity index (χ4v) is 3.01. The zero-order chi connectivity index (χ0) is 17.4. The molecule has 1 rings (SSSR count). The SMILES string of the molecule is CCCC(Sc1cc(NC(=O)CC)c(F)cc1F)C(=O)OCC. The van der Waals surface area contributed by atoms with Crippen molar-refractivity contribution in [2.75, 3.05) is 11.9 Å². The fraction of sp³-hybridized carbons (Fsp3) is 0.500. The summed E-state index contributed by atoms with van der Waals surface area (Å²) < 4.78 is 32.7. The lowest BCUT2D eigenvalue weighted by atomic mass is 10.2. The first-order chi connectivity index (χ1) is 10.9. The third kappa shape index (κ3) is 5.82. The Balaban J connectivity index is 3.02. The quantitative estimate of drug-likeness (QED) is 0.568. The minimum absolute atomic E-state index is 0.0974. The van der Waals surface area contributed by atoms with E-state index in [2.05, 4.69) is 5.32 Å². The average Bonchev–Trinajstić information content (AvgIpc) is 2.51. The van der Waals surface area contributed by atoms with Gasteiger partial charge in [0.05, 0.1) is 12.3 Å². The molecule has 0 aromatic heterocycles. The molecule has 1 amide bonds. The van der Waals surface area contributed by atoms with Gasteiger partial charge >= 0.3 is 5.97 Å². The Bertz CT molecular complexity index is 567. The first-order valence-corrected chi connectivity index (χ1v) is 8.42. The lowest BCUT2D eigenvalue weighted by Gasteiger charge is -2.16. The number of amides is 1. The highest BCUT2D eigenvalue weighted by molar-refractivity contribution is 8.00. The number of hydrogen-bond acceptors (Lipinski definition) is 4. The van der Waals surface area contributed by atoms with Crippen LogP contribution in [-0.4, -0.2) is 23.7 Å². The molecule has 0 aliphatic rings. The predicted octanol–water partition coefficient (Wildman–Crippen LogP) is 4.14. The van der Waals surface area contributed by atoms with E-state index in [-0.39, 0.29) is 29.5 Å². The molecule has 1 aromatic carbocycles. The number of carbonyl (C=O) groups excluding carboxylic acids is 2. The lowest BCUT2D eigenvalue weighted by molar-refractivity contribution is -0.142. The molecular formula is C16H21F2NO3S. The normalized spacial score (nSPS) is 11.9. The molecule has 1 atom stereocenters. The number of halogens is 2. The van der Waals surface area contributed by atoms with E-state index in [1.165, 1.54) is 6.07 Å². The average molecular weight is 345 g/mol. The summed E-state index contributed by atoms with van der Waals surface area (Å²) in [5.74, 6) is -2.42. The summed E-state index contributed by atoms with van der Waals surface area (Å²) in [6.45, 7) is 5.47. The number of rotatable bonds is 8. The topological polar surface area (TPSA) is 55.4 Å². The van der Waals surface area contributed by atoms with Crippen LogP contribution in [0.25, 0.3) is 0 Å². The van der Waals surface area contributed by atoms with Gasteiger partial charge in [-0.15, -0.1) is 11.8 Å². The molecule has 1 unspecified atom stereocenters. The Morgan fingerprint density at radius 1 is 1.22 bits per heavy atom.